The van der Waals surface area contributed by atoms with Crippen LogP contribution in [0.1, 0.15) is 28.9 Å². The van der Waals surface area contributed by atoms with Crippen LogP contribution < -0.4 is 0 Å². The summed E-state index contributed by atoms with van der Waals surface area (Å²) in [7, 11) is 0. The Balaban J connectivity index is 1.61. The molecule has 1 aliphatic heterocycles. The van der Waals surface area contributed by atoms with Gasteiger partial charge < -0.3 is 4.90 Å². The molecule has 3 aromatic rings. The molecule has 1 amide bonds. The van der Waals surface area contributed by atoms with Crippen molar-refractivity contribution in [1.29, 1.82) is 0 Å². The molecule has 0 aliphatic carbocycles. The molecule has 1 saturated heterocycles. The number of rotatable bonds is 2. The van der Waals surface area contributed by atoms with Crippen molar-refractivity contribution in [2.75, 3.05) is 13.1 Å². The topological polar surface area (TPSA) is 51.0 Å². The number of fused-ring (bicyclic) bond motifs is 1. The number of nitrogens with zero attached hydrogens (tertiary/aromatic N) is 4. The molecule has 0 spiro atoms. The lowest BCUT2D eigenvalue weighted by Gasteiger charge is -2.31. The standard InChI is InChI=1S/C19H18F2N4O/c1-13-2-3-16(12-22-13)25-7-4-14-10-15(11-23-17(14)25)18(26)24-8-5-19(20,21)6-9-24/h2-4,7,10-12H,5-6,8-9H2,1H3. The van der Waals surface area contributed by atoms with Gasteiger partial charge in [-0.15, -0.1) is 0 Å². The highest BCUT2D eigenvalue weighted by Crippen LogP contribution is 2.28. The number of likely N-dealkylation sites (tertiary alicyclic amines) is 1. The van der Waals surface area contributed by atoms with Crippen molar-refractivity contribution in [3.05, 3.63) is 54.1 Å². The number of carbonyl (C=O) groups excluding carboxylic acids is 1. The van der Waals surface area contributed by atoms with Gasteiger partial charge in [0.1, 0.15) is 5.65 Å². The van der Waals surface area contributed by atoms with Gasteiger partial charge in [-0.25, -0.2) is 13.8 Å². The summed E-state index contributed by atoms with van der Waals surface area (Å²) in [6.45, 7) is 2.06. The third-order valence-corrected chi connectivity index (χ3v) is 4.73. The summed E-state index contributed by atoms with van der Waals surface area (Å²) in [5.41, 5.74) is 2.95. The molecule has 0 atom stereocenters. The Bertz CT molecular complexity index is 955. The molecule has 0 unspecified atom stereocenters. The number of halogens is 2. The molecular formula is C19H18F2N4O. The third-order valence-electron chi connectivity index (χ3n) is 4.73. The van der Waals surface area contributed by atoms with Crippen LogP contribution in [-0.4, -0.2) is 44.4 Å². The van der Waals surface area contributed by atoms with Gasteiger partial charge in [-0.05, 0) is 31.2 Å². The molecule has 26 heavy (non-hydrogen) atoms. The highest BCUT2D eigenvalue weighted by molar-refractivity contribution is 5.97. The largest absolute Gasteiger partial charge is 0.338 e. The van der Waals surface area contributed by atoms with E-state index in [1.54, 1.807) is 12.3 Å². The number of hydrogen-bond donors (Lipinski definition) is 0. The van der Waals surface area contributed by atoms with E-state index in [1.165, 1.54) is 11.1 Å². The Hall–Kier alpha value is -2.83. The summed E-state index contributed by atoms with van der Waals surface area (Å²) >= 11 is 0. The molecule has 0 N–H and O–H groups in total. The van der Waals surface area contributed by atoms with Crippen LogP contribution in [0.15, 0.2) is 42.9 Å². The minimum absolute atomic E-state index is 0.0694. The van der Waals surface area contributed by atoms with Crippen molar-refractivity contribution < 1.29 is 13.6 Å². The maximum Gasteiger partial charge on any atom is 0.255 e. The average molecular weight is 356 g/mol. The zero-order valence-electron chi connectivity index (χ0n) is 14.3. The highest BCUT2D eigenvalue weighted by atomic mass is 19.3. The summed E-state index contributed by atoms with van der Waals surface area (Å²) in [5.74, 6) is -2.92. The van der Waals surface area contributed by atoms with Gasteiger partial charge >= 0.3 is 0 Å². The number of piperidine rings is 1. The molecule has 0 aromatic carbocycles. The van der Waals surface area contributed by atoms with Crippen molar-refractivity contribution in [3.63, 3.8) is 0 Å². The summed E-state index contributed by atoms with van der Waals surface area (Å²) in [5, 5.41) is 0.818. The molecule has 0 saturated carbocycles. The van der Waals surface area contributed by atoms with E-state index >= 15 is 0 Å². The Morgan fingerprint density at radius 2 is 1.88 bits per heavy atom. The van der Waals surface area contributed by atoms with Crippen molar-refractivity contribution in [3.8, 4) is 5.69 Å². The molecule has 3 aromatic heterocycles. The molecule has 1 aliphatic rings. The Morgan fingerprint density at radius 3 is 2.58 bits per heavy atom. The van der Waals surface area contributed by atoms with Crippen LogP contribution in [-0.2, 0) is 0 Å². The number of carbonyl (C=O) groups is 1. The smallest absolute Gasteiger partial charge is 0.255 e. The Kier molecular flexibility index (Phi) is 3.94. The maximum absolute atomic E-state index is 13.3. The quantitative estimate of drug-likeness (QED) is 0.705. The minimum atomic E-state index is -2.67. The third kappa shape index (κ3) is 3.05. The van der Waals surface area contributed by atoms with Crippen LogP contribution in [0, 0.1) is 6.92 Å². The van der Waals surface area contributed by atoms with E-state index < -0.39 is 5.92 Å². The van der Waals surface area contributed by atoms with Gasteiger partial charge in [-0.2, -0.15) is 0 Å². The summed E-state index contributed by atoms with van der Waals surface area (Å²) < 4.78 is 28.5. The van der Waals surface area contributed by atoms with Gasteiger partial charge in [0.05, 0.1) is 17.4 Å². The van der Waals surface area contributed by atoms with E-state index in [-0.39, 0.29) is 31.8 Å². The lowest BCUT2D eigenvalue weighted by molar-refractivity contribution is -0.0494. The minimum Gasteiger partial charge on any atom is -0.338 e. The number of pyridine rings is 2. The van der Waals surface area contributed by atoms with E-state index in [1.807, 2.05) is 35.9 Å². The van der Waals surface area contributed by atoms with Gasteiger partial charge in [0.15, 0.2) is 0 Å². The van der Waals surface area contributed by atoms with Crippen molar-refractivity contribution in [2.45, 2.75) is 25.7 Å². The van der Waals surface area contributed by atoms with Crippen LogP contribution in [0.4, 0.5) is 8.78 Å². The Labute approximate surface area is 149 Å². The van der Waals surface area contributed by atoms with E-state index in [0.717, 1.165) is 22.4 Å². The zero-order chi connectivity index (χ0) is 18.3. The second kappa shape index (κ2) is 6.16. The number of aryl methyl sites for hydroxylation is 1. The van der Waals surface area contributed by atoms with Crippen LogP contribution in [0.5, 0.6) is 0 Å². The fraction of sp³-hybridized carbons (Fsp3) is 0.316. The van der Waals surface area contributed by atoms with Gasteiger partial charge in [-0.1, -0.05) is 0 Å². The number of hydrogen-bond acceptors (Lipinski definition) is 3. The predicted octanol–water partition coefficient (Wildman–Crippen LogP) is 3.60. The first-order chi connectivity index (χ1) is 12.4. The lowest BCUT2D eigenvalue weighted by atomic mass is 10.1. The molecular weight excluding hydrogens is 338 g/mol. The number of amides is 1. The molecule has 134 valence electrons. The number of aromatic nitrogens is 3. The monoisotopic (exact) mass is 356 g/mol. The Morgan fingerprint density at radius 1 is 1.12 bits per heavy atom. The van der Waals surface area contributed by atoms with Gasteiger partial charge in [0.2, 0.25) is 0 Å². The first-order valence-electron chi connectivity index (χ1n) is 8.50. The average Bonchev–Trinajstić information content (AvgIpc) is 3.05. The number of alkyl halides is 2. The van der Waals surface area contributed by atoms with Crippen LogP contribution in [0.25, 0.3) is 16.7 Å². The molecule has 0 radical (unpaired) electrons. The fourth-order valence-electron chi connectivity index (χ4n) is 3.17. The normalized spacial score (nSPS) is 16.8. The second-order valence-electron chi connectivity index (χ2n) is 6.63. The first-order valence-corrected chi connectivity index (χ1v) is 8.50. The van der Waals surface area contributed by atoms with Gasteiger partial charge in [0, 0.05) is 49.4 Å². The van der Waals surface area contributed by atoms with Crippen molar-refractivity contribution in [1.82, 2.24) is 19.4 Å². The first kappa shape index (κ1) is 16.6. The SMILES string of the molecule is Cc1ccc(-n2ccc3cc(C(=O)N4CCC(F)(F)CC4)cnc32)cn1. The van der Waals surface area contributed by atoms with E-state index in [0.29, 0.717) is 5.56 Å². The molecule has 4 heterocycles. The lowest BCUT2D eigenvalue weighted by Crippen LogP contribution is -2.42. The van der Waals surface area contributed by atoms with E-state index in [9.17, 15) is 13.6 Å². The maximum atomic E-state index is 13.3. The van der Waals surface area contributed by atoms with Crippen molar-refractivity contribution >= 4 is 16.9 Å². The summed E-state index contributed by atoms with van der Waals surface area (Å²) in [4.78, 5) is 22.8. The second-order valence-corrected chi connectivity index (χ2v) is 6.63. The zero-order valence-corrected chi connectivity index (χ0v) is 14.3. The van der Waals surface area contributed by atoms with Gasteiger partial charge in [-0.3, -0.25) is 14.3 Å². The molecule has 7 heteroatoms. The molecule has 5 nitrogen and oxygen atoms in total. The van der Waals surface area contributed by atoms with Gasteiger partial charge in [0.25, 0.3) is 11.8 Å². The van der Waals surface area contributed by atoms with Crippen molar-refractivity contribution in [2.24, 2.45) is 0 Å². The van der Waals surface area contributed by atoms with Crippen LogP contribution >= 0.6 is 0 Å². The van der Waals surface area contributed by atoms with E-state index in [4.69, 9.17) is 0 Å². The predicted molar refractivity (Wildman–Crippen MR) is 93.7 cm³/mol. The van der Waals surface area contributed by atoms with Crippen LogP contribution in [0.3, 0.4) is 0 Å². The molecule has 4 rings (SSSR count). The van der Waals surface area contributed by atoms with E-state index in [2.05, 4.69) is 9.97 Å². The molecule has 1 fully saturated rings. The fourth-order valence-corrected chi connectivity index (χ4v) is 3.17. The molecule has 0 bridgehead atoms. The summed E-state index contributed by atoms with van der Waals surface area (Å²) in [6.07, 6.45) is 4.58. The van der Waals surface area contributed by atoms with Crippen LogP contribution in [0.2, 0.25) is 0 Å². The highest BCUT2D eigenvalue weighted by Gasteiger charge is 2.35. The summed E-state index contributed by atoms with van der Waals surface area (Å²) in [6, 6.07) is 7.51.